The summed E-state index contributed by atoms with van der Waals surface area (Å²) in [7, 11) is 0. The van der Waals surface area contributed by atoms with Crippen LogP contribution < -0.4 is 0 Å². The number of nitrogens with zero attached hydrogens (tertiary/aromatic N) is 1. The van der Waals surface area contributed by atoms with E-state index >= 15 is 0 Å². The van der Waals surface area contributed by atoms with Gasteiger partial charge >= 0.3 is 5.97 Å². The second-order valence-corrected chi connectivity index (χ2v) is 4.41. The fraction of sp³-hybridized carbons (Fsp3) is 0.429. The molecule has 1 rings (SSSR count). The van der Waals surface area contributed by atoms with Gasteiger partial charge < -0.3 is 10.0 Å². The van der Waals surface area contributed by atoms with Crippen molar-refractivity contribution >= 4 is 11.9 Å². The molecular formula is C14H17F2NO3. The summed E-state index contributed by atoms with van der Waals surface area (Å²) in [6, 6.07) is 1.19. The Hall–Kier alpha value is -1.98. The Kier molecular flexibility index (Phi) is 5.61. The first kappa shape index (κ1) is 16.1. The van der Waals surface area contributed by atoms with Crippen LogP contribution in [0.25, 0.3) is 0 Å². The monoisotopic (exact) mass is 285 g/mol. The molecule has 20 heavy (non-hydrogen) atoms. The molecule has 0 atom stereocenters. The number of aromatic carboxylic acids is 1. The Balaban J connectivity index is 3.25. The molecule has 0 unspecified atom stereocenters. The Morgan fingerprint density at radius 2 is 1.50 bits per heavy atom. The molecule has 1 amide bonds. The molecule has 0 bridgehead atoms. The quantitative estimate of drug-likeness (QED) is 0.874. The smallest absolute Gasteiger partial charge is 0.336 e. The lowest BCUT2D eigenvalue weighted by Gasteiger charge is -2.22. The third-order valence-electron chi connectivity index (χ3n) is 2.80. The minimum atomic E-state index is -1.46. The Morgan fingerprint density at radius 1 is 1.05 bits per heavy atom. The maximum atomic E-state index is 13.3. The molecule has 0 spiro atoms. The van der Waals surface area contributed by atoms with Gasteiger partial charge in [0, 0.05) is 13.1 Å². The van der Waals surface area contributed by atoms with Gasteiger partial charge in [-0.25, -0.2) is 13.6 Å². The molecule has 0 radical (unpaired) electrons. The van der Waals surface area contributed by atoms with Gasteiger partial charge in [-0.05, 0) is 25.0 Å². The molecular weight excluding hydrogens is 268 g/mol. The van der Waals surface area contributed by atoms with Gasteiger partial charge in [0.1, 0.15) is 0 Å². The van der Waals surface area contributed by atoms with Crippen molar-refractivity contribution < 1.29 is 23.5 Å². The number of carbonyl (C=O) groups excluding carboxylic acids is 1. The minimum Gasteiger partial charge on any atom is -0.478 e. The molecule has 1 N–H and O–H groups in total. The highest BCUT2D eigenvalue weighted by molar-refractivity contribution is 6.04. The van der Waals surface area contributed by atoms with Crippen molar-refractivity contribution in [3.8, 4) is 0 Å². The molecule has 0 aliphatic carbocycles. The molecule has 1 aromatic carbocycles. The van der Waals surface area contributed by atoms with E-state index in [4.69, 9.17) is 5.11 Å². The highest BCUT2D eigenvalue weighted by Crippen LogP contribution is 2.18. The van der Waals surface area contributed by atoms with Crippen LogP contribution in [0.1, 0.15) is 47.4 Å². The number of carbonyl (C=O) groups is 2. The molecule has 6 heteroatoms. The molecule has 0 saturated heterocycles. The van der Waals surface area contributed by atoms with Gasteiger partial charge in [0.05, 0.1) is 11.1 Å². The highest BCUT2D eigenvalue weighted by Gasteiger charge is 2.23. The van der Waals surface area contributed by atoms with Gasteiger partial charge in [0.2, 0.25) is 0 Å². The summed E-state index contributed by atoms with van der Waals surface area (Å²) in [5.41, 5.74) is -0.843. The van der Waals surface area contributed by atoms with Gasteiger partial charge in [0.15, 0.2) is 11.6 Å². The molecule has 0 fully saturated rings. The van der Waals surface area contributed by atoms with Crippen LogP contribution in [0.15, 0.2) is 12.1 Å². The highest BCUT2D eigenvalue weighted by atomic mass is 19.2. The predicted octanol–water partition coefficient (Wildman–Crippen LogP) is 2.93. The lowest BCUT2D eigenvalue weighted by Crippen LogP contribution is -2.33. The molecule has 0 aromatic heterocycles. The first-order valence-corrected chi connectivity index (χ1v) is 6.43. The number of rotatable bonds is 6. The molecule has 0 saturated carbocycles. The number of carboxylic acid groups (broad SMARTS) is 1. The number of halogens is 2. The van der Waals surface area contributed by atoms with Gasteiger partial charge in [-0.15, -0.1) is 0 Å². The fourth-order valence-corrected chi connectivity index (χ4v) is 1.93. The van der Waals surface area contributed by atoms with E-state index in [1.54, 1.807) is 0 Å². The number of hydrogen-bond donors (Lipinski definition) is 1. The topological polar surface area (TPSA) is 57.6 Å². The lowest BCUT2D eigenvalue weighted by molar-refractivity contribution is 0.0674. The first-order chi connectivity index (χ1) is 9.42. The van der Waals surface area contributed by atoms with Gasteiger partial charge in [0.25, 0.3) is 5.91 Å². The standard InChI is InChI=1S/C14H17F2NO3/c1-3-5-17(6-4-2)13(18)9-7-11(15)12(16)8-10(9)14(19)20/h7-8H,3-6H2,1-2H3,(H,19,20). The zero-order valence-corrected chi connectivity index (χ0v) is 11.4. The van der Waals surface area contributed by atoms with Crippen molar-refractivity contribution in [2.24, 2.45) is 0 Å². The lowest BCUT2D eigenvalue weighted by atomic mass is 10.1. The van der Waals surface area contributed by atoms with E-state index in [2.05, 4.69) is 0 Å². The van der Waals surface area contributed by atoms with Crippen LogP contribution in [0.4, 0.5) is 8.78 Å². The van der Waals surface area contributed by atoms with Crippen LogP contribution in [-0.4, -0.2) is 35.0 Å². The van der Waals surface area contributed by atoms with E-state index in [0.29, 0.717) is 38.1 Å². The average molecular weight is 285 g/mol. The van der Waals surface area contributed by atoms with Crippen LogP contribution in [-0.2, 0) is 0 Å². The molecule has 0 aliphatic rings. The Labute approximate surface area is 116 Å². The van der Waals surface area contributed by atoms with Crippen LogP contribution in [0.2, 0.25) is 0 Å². The predicted molar refractivity (Wildman–Crippen MR) is 69.8 cm³/mol. The Bertz CT molecular complexity index is 511. The molecule has 1 aromatic rings. The normalized spacial score (nSPS) is 10.4. The summed E-state index contributed by atoms with van der Waals surface area (Å²) in [6.07, 6.45) is 1.38. The van der Waals surface area contributed by atoms with E-state index < -0.39 is 29.1 Å². The molecule has 4 nitrogen and oxygen atoms in total. The number of hydrogen-bond acceptors (Lipinski definition) is 2. The maximum Gasteiger partial charge on any atom is 0.336 e. The van der Waals surface area contributed by atoms with Gasteiger partial charge in [-0.2, -0.15) is 0 Å². The first-order valence-electron chi connectivity index (χ1n) is 6.43. The average Bonchev–Trinajstić information content (AvgIpc) is 2.40. The van der Waals surface area contributed by atoms with E-state index in [1.807, 2.05) is 13.8 Å². The van der Waals surface area contributed by atoms with E-state index in [9.17, 15) is 18.4 Å². The summed E-state index contributed by atoms with van der Waals surface area (Å²) in [4.78, 5) is 24.8. The largest absolute Gasteiger partial charge is 0.478 e. The maximum absolute atomic E-state index is 13.3. The second-order valence-electron chi connectivity index (χ2n) is 4.41. The van der Waals surface area contributed by atoms with E-state index in [-0.39, 0.29) is 5.56 Å². The number of amides is 1. The fourth-order valence-electron chi connectivity index (χ4n) is 1.93. The second kappa shape index (κ2) is 6.98. The Morgan fingerprint density at radius 3 is 1.90 bits per heavy atom. The summed E-state index contributed by atoms with van der Waals surface area (Å²) in [6.45, 7) is 4.62. The third kappa shape index (κ3) is 3.53. The van der Waals surface area contributed by atoms with E-state index in [0.717, 1.165) is 0 Å². The van der Waals surface area contributed by atoms with Crippen LogP contribution in [0.3, 0.4) is 0 Å². The minimum absolute atomic E-state index is 0.321. The van der Waals surface area contributed by atoms with Gasteiger partial charge in [-0.1, -0.05) is 13.8 Å². The van der Waals surface area contributed by atoms with Crippen molar-refractivity contribution in [3.05, 3.63) is 34.9 Å². The summed E-state index contributed by atoms with van der Waals surface area (Å²) in [5.74, 6) is -4.56. The SMILES string of the molecule is CCCN(CCC)C(=O)c1cc(F)c(F)cc1C(=O)O. The zero-order chi connectivity index (χ0) is 15.3. The third-order valence-corrected chi connectivity index (χ3v) is 2.80. The zero-order valence-electron chi connectivity index (χ0n) is 11.4. The van der Waals surface area contributed by atoms with Crippen molar-refractivity contribution in [2.75, 3.05) is 13.1 Å². The number of benzene rings is 1. The summed E-state index contributed by atoms with van der Waals surface area (Å²) < 4.78 is 26.4. The van der Waals surface area contributed by atoms with Crippen molar-refractivity contribution in [3.63, 3.8) is 0 Å². The van der Waals surface area contributed by atoms with Gasteiger partial charge in [-0.3, -0.25) is 4.79 Å². The summed E-state index contributed by atoms with van der Waals surface area (Å²) >= 11 is 0. The van der Waals surface area contributed by atoms with Crippen LogP contribution >= 0.6 is 0 Å². The van der Waals surface area contributed by atoms with Crippen molar-refractivity contribution in [1.82, 2.24) is 4.90 Å². The van der Waals surface area contributed by atoms with Crippen molar-refractivity contribution in [2.45, 2.75) is 26.7 Å². The summed E-state index contributed by atoms with van der Waals surface area (Å²) in [5, 5.41) is 9.01. The van der Waals surface area contributed by atoms with Crippen LogP contribution in [0, 0.1) is 11.6 Å². The molecule has 110 valence electrons. The van der Waals surface area contributed by atoms with E-state index in [1.165, 1.54) is 4.90 Å². The molecule has 0 heterocycles. The van der Waals surface area contributed by atoms with Crippen molar-refractivity contribution in [1.29, 1.82) is 0 Å². The molecule has 0 aliphatic heterocycles. The number of carboxylic acids is 1. The van der Waals surface area contributed by atoms with Crippen LogP contribution in [0.5, 0.6) is 0 Å².